The maximum absolute atomic E-state index is 12.4. The topological polar surface area (TPSA) is 58.1 Å². The van der Waals surface area contributed by atoms with E-state index in [1.54, 1.807) is 24.2 Å². The quantitative estimate of drug-likeness (QED) is 0.883. The van der Waals surface area contributed by atoms with E-state index in [0.29, 0.717) is 11.6 Å². The van der Waals surface area contributed by atoms with E-state index in [0.717, 1.165) is 36.2 Å². The van der Waals surface area contributed by atoms with Gasteiger partial charge in [0.05, 0.1) is 0 Å². The van der Waals surface area contributed by atoms with Gasteiger partial charge in [-0.2, -0.15) is 0 Å². The molecule has 23 heavy (non-hydrogen) atoms. The third-order valence-electron chi connectivity index (χ3n) is 3.79. The Bertz CT molecular complexity index is 664. The second-order valence-corrected chi connectivity index (χ2v) is 5.74. The fraction of sp³-hybridized carbons (Fsp3) is 0.389. The third-order valence-corrected chi connectivity index (χ3v) is 3.79. The summed E-state index contributed by atoms with van der Waals surface area (Å²) in [7, 11) is 1.80. The highest BCUT2D eigenvalue weighted by molar-refractivity contribution is 5.92. The van der Waals surface area contributed by atoms with Crippen LogP contribution >= 0.6 is 0 Å². The number of aryl methyl sites for hydroxylation is 2. The molecule has 1 N–H and O–H groups in total. The van der Waals surface area contributed by atoms with Crippen LogP contribution in [0.5, 0.6) is 0 Å². The van der Waals surface area contributed by atoms with Gasteiger partial charge in [0.1, 0.15) is 5.69 Å². The highest BCUT2D eigenvalue weighted by Crippen LogP contribution is 2.22. The SMILES string of the molecule is CCCCN(C)C(=O)c1ccnc(Nc2c(C)cccc2C)n1. The Labute approximate surface area is 137 Å². The van der Waals surface area contributed by atoms with Crippen molar-refractivity contribution in [3.63, 3.8) is 0 Å². The van der Waals surface area contributed by atoms with Crippen LogP contribution in [-0.2, 0) is 0 Å². The van der Waals surface area contributed by atoms with E-state index < -0.39 is 0 Å². The number of hydrogen-bond donors (Lipinski definition) is 1. The lowest BCUT2D eigenvalue weighted by Crippen LogP contribution is -2.28. The Kier molecular flexibility index (Phi) is 5.68. The van der Waals surface area contributed by atoms with Gasteiger partial charge in [0.15, 0.2) is 0 Å². The van der Waals surface area contributed by atoms with Gasteiger partial charge in [-0.25, -0.2) is 9.97 Å². The van der Waals surface area contributed by atoms with E-state index in [2.05, 4.69) is 22.2 Å². The van der Waals surface area contributed by atoms with Gasteiger partial charge in [0.2, 0.25) is 5.95 Å². The predicted molar refractivity (Wildman–Crippen MR) is 93.1 cm³/mol. The molecular formula is C18H24N4O. The molecule has 0 aliphatic heterocycles. The fourth-order valence-corrected chi connectivity index (χ4v) is 2.35. The van der Waals surface area contributed by atoms with Gasteiger partial charge in [-0.15, -0.1) is 0 Å². The van der Waals surface area contributed by atoms with Crippen molar-refractivity contribution in [2.45, 2.75) is 33.6 Å². The lowest BCUT2D eigenvalue weighted by molar-refractivity contribution is 0.0787. The Morgan fingerprint density at radius 2 is 1.91 bits per heavy atom. The number of para-hydroxylation sites is 1. The molecule has 0 bridgehead atoms. The number of anilines is 2. The summed E-state index contributed by atoms with van der Waals surface area (Å²) in [5.41, 5.74) is 3.62. The van der Waals surface area contributed by atoms with Crippen molar-refractivity contribution in [2.24, 2.45) is 0 Å². The lowest BCUT2D eigenvalue weighted by atomic mass is 10.1. The van der Waals surface area contributed by atoms with Gasteiger partial charge in [-0.05, 0) is 37.5 Å². The molecule has 1 amide bonds. The first-order valence-corrected chi connectivity index (χ1v) is 7.94. The maximum Gasteiger partial charge on any atom is 0.272 e. The summed E-state index contributed by atoms with van der Waals surface area (Å²) in [4.78, 5) is 22.7. The van der Waals surface area contributed by atoms with Crippen molar-refractivity contribution in [3.8, 4) is 0 Å². The molecule has 0 fully saturated rings. The average Bonchev–Trinajstić information content (AvgIpc) is 2.55. The number of rotatable bonds is 6. The van der Waals surface area contributed by atoms with Crippen molar-refractivity contribution in [1.29, 1.82) is 0 Å². The number of carbonyl (C=O) groups is 1. The second-order valence-electron chi connectivity index (χ2n) is 5.74. The van der Waals surface area contributed by atoms with Gasteiger partial charge in [-0.3, -0.25) is 4.79 Å². The number of unbranched alkanes of at least 4 members (excludes halogenated alkanes) is 1. The van der Waals surface area contributed by atoms with E-state index in [1.165, 1.54) is 0 Å². The molecule has 0 saturated carbocycles. The summed E-state index contributed by atoms with van der Waals surface area (Å²) in [6, 6.07) is 7.73. The molecule has 0 aliphatic carbocycles. The maximum atomic E-state index is 12.4. The first kappa shape index (κ1) is 16.9. The minimum absolute atomic E-state index is 0.0783. The van der Waals surface area contributed by atoms with Crippen LogP contribution in [0.4, 0.5) is 11.6 Å². The summed E-state index contributed by atoms with van der Waals surface area (Å²) in [5.74, 6) is 0.363. The Morgan fingerprint density at radius 1 is 1.22 bits per heavy atom. The monoisotopic (exact) mass is 312 g/mol. The number of benzene rings is 1. The van der Waals surface area contributed by atoms with Crippen molar-refractivity contribution in [3.05, 3.63) is 47.3 Å². The molecule has 0 aliphatic rings. The van der Waals surface area contributed by atoms with Crippen LogP contribution in [0, 0.1) is 13.8 Å². The molecule has 0 saturated heterocycles. The molecule has 0 unspecified atom stereocenters. The number of hydrogen-bond acceptors (Lipinski definition) is 4. The molecule has 122 valence electrons. The standard InChI is InChI=1S/C18H24N4O/c1-5-6-12-22(4)17(23)15-10-11-19-18(20-15)21-16-13(2)8-7-9-14(16)3/h7-11H,5-6,12H2,1-4H3,(H,19,20,21). The zero-order valence-corrected chi connectivity index (χ0v) is 14.3. The van der Waals surface area contributed by atoms with E-state index in [-0.39, 0.29) is 5.91 Å². The van der Waals surface area contributed by atoms with Crippen LogP contribution in [0.25, 0.3) is 0 Å². The second kappa shape index (κ2) is 7.72. The molecule has 1 aromatic heterocycles. The Morgan fingerprint density at radius 3 is 2.57 bits per heavy atom. The van der Waals surface area contributed by atoms with Crippen molar-refractivity contribution in [2.75, 3.05) is 18.9 Å². The molecule has 1 aromatic carbocycles. The smallest absolute Gasteiger partial charge is 0.272 e. The number of aromatic nitrogens is 2. The molecule has 0 atom stereocenters. The first-order valence-electron chi connectivity index (χ1n) is 7.94. The van der Waals surface area contributed by atoms with Crippen molar-refractivity contribution in [1.82, 2.24) is 14.9 Å². The van der Waals surface area contributed by atoms with Crippen LogP contribution in [0.3, 0.4) is 0 Å². The van der Waals surface area contributed by atoms with Crippen LogP contribution in [0.1, 0.15) is 41.4 Å². The Hall–Kier alpha value is -2.43. The Balaban J connectivity index is 2.18. The van der Waals surface area contributed by atoms with Crippen molar-refractivity contribution < 1.29 is 4.79 Å². The molecule has 0 spiro atoms. The lowest BCUT2D eigenvalue weighted by Gasteiger charge is -2.16. The van der Waals surface area contributed by atoms with Gasteiger partial charge in [0, 0.05) is 25.5 Å². The molecule has 2 aromatic rings. The molecule has 0 radical (unpaired) electrons. The number of amides is 1. The predicted octanol–water partition coefficient (Wildman–Crippen LogP) is 3.71. The summed E-state index contributed by atoms with van der Waals surface area (Å²) >= 11 is 0. The normalized spacial score (nSPS) is 10.4. The molecule has 5 nitrogen and oxygen atoms in total. The van der Waals surface area contributed by atoms with Gasteiger partial charge < -0.3 is 10.2 Å². The average molecular weight is 312 g/mol. The number of nitrogens with one attached hydrogen (secondary N) is 1. The minimum atomic E-state index is -0.0783. The van der Waals surface area contributed by atoms with Gasteiger partial charge >= 0.3 is 0 Å². The van der Waals surface area contributed by atoms with Crippen molar-refractivity contribution >= 4 is 17.5 Å². The van der Waals surface area contributed by atoms with Gasteiger partial charge in [-0.1, -0.05) is 31.5 Å². The summed E-state index contributed by atoms with van der Waals surface area (Å²) in [6.45, 7) is 6.90. The molecule has 2 rings (SSSR count). The van der Waals surface area contributed by atoms with Crippen LogP contribution in [0.2, 0.25) is 0 Å². The summed E-state index contributed by atoms with van der Waals surface area (Å²) in [6.07, 6.45) is 3.66. The first-order chi connectivity index (χ1) is 11.0. The van der Waals surface area contributed by atoms with E-state index in [1.807, 2.05) is 32.0 Å². The van der Waals surface area contributed by atoms with Crippen LogP contribution in [0.15, 0.2) is 30.5 Å². The van der Waals surface area contributed by atoms with Gasteiger partial charge in [0.25, 0.3) is 5.91 Å². The van der Waals surface area contributed by atoms with E-state index in [9.17, 15) is 4.79 Å². The molecule has 1 heterocycles. The number of carbonyl (C=O) groups excluding carboxylic acids is 1. The minimum Gasteiger partial charge on any atom is -0.340 e. The zero-order chi connectivity index (χ0) is 16.8. The largest absolute Gasteiger partial charge is 0.340 e. The molecular weight excluding hydrogens is 288 g/mol. The summed E-state index contributed by atoms with van der Waals surface area (Å²) in [5, 5.41) is 3.22. The fourth-order valence-electron chi connectivity index (χ4n) is 2.35. The van der Waals surface area contributed by atoms with E-state index >= 15 is 0 Å². The van der Waals surface area contributed by atoms with E-state index in [4.69, 9.17) is 0 Å². The third kappa shape index (κ3) is 4.28. The zero-order valence-electron chi connectivity index (χ0n) is 14.3. The van der Waals surface area contributed by atoms with Crippen LogP contribution < -0.4 is 5.32 Å². The number of nitrogens with zero attached hydrogens (tertiary/aromatic N) is 3. The molecule has 5 heteroatoms. The highest BCUT2D eigenvalue weighted by Gasteiger charge is 2.14. The highest BCUT2D eigenvalue weighted by atomic mass is 16.2. The van der Waals surface area contributed by atoms with Crippen LogP contribution in [-0.4, -0.2) is 34.4 Å². The summed E-state index contributed by atoms with van der Waals surface area (Å²) < 4.78 is 0.